The standard InChI is InChI=1S/C20H19F2N3O2S/c21-17-2-4-18(5-3-17)28(26,27)25-9-7-14(8-10-25)19-6-1-15(11-20(19)22)16-12-23-24-13-16/h1-6,11-14H,7-10H2,(H,23,24). The van der Waals surface area contributed by atoms with Crippen molar-refractivity contribution < 1.29 is 17.2 Å². The lowest BCUT2D eigenvalue weighted by Crippen LogP contribution is -2.38. The maximum absolute atomic E-state index is 14.7. The van der Waals surface area contributed by atoms with Crippen LogP contribution in [-0.4, -0.2) is 36.0 Å². The summed E-state index contributed by atoms with van der Waals surface area (Å²) in [4.78, 5) is 0.0722. The third-order valence-electron chi connectivity index (χ3n) is 5.18. The number of hydrogen-bond acceptors (Lipinski definition) is 3. The number of aromatic amines is 1. The van der Waals surface area contributed by atoms with Gasteiger partial charge in [-0.15, -0.1) is 0 Å². The first-order chi connectivity index (χ1) is 13.4. The molecule has 0 unspecified atom stereocenters. The van der Waals surface area contributed by atoms with Gasteiger partial charge in [0.1, 0.15) is 11.6 Å². The summed E-state index contributed by atoms with van der Waals surface area (Å²) in [6, 6.07) is 9.92. The number of piperidine rings is 1. The van der Waals surface area contributed by atoms with Crippen molar-refractivity contribution in [3.8, 4) is 11.1 Å². The number of H-pyrrole nitrogens is 1. The fourth-order valence-corrected chi connectivity index (χ4v) is 5.08. The van der Waals surface area contributed by atoms with E-state index in [9.17, 15) is 17.2 Å². The molecule has 0 amide bonds. The van der Waals surface area contributed by atoms with Crippen LogP contribution in [0.4, 0.5) is 8.78 Å². The molecule has 8 heteroatoms. The lowest BCUT2D eigenvalue weighted by atomic mass is 9.89. The molecule has 28 heavy (non-hydrogen) atoms. The zero-order chi connectivity index (χ0) is 19.7. The fraction of sp³-hybridized carbons (Fsp3) is 0.250. The van der Waals surface area contributed by atoms with Gasteiger partial charge in [-0.3, -0.25) is 5.10 Å². The van der Waals surface area contributed by atoms with E-state index in [0.717, 1.165) is 23.3 Å². The summed E-state index contributed by atoms with van der Waals surface area (Å²) < 4.78 is 54.5. The Morgan fingerprint density at radius 3 is 2.32 bits per heavy atom. The molecule has 146 valence electrons. The molecule has 4 rings (SSSR count). The minimum absolute atomic E-state index is 0.0435. The van der Waals surface area contributed by atoms with Gasteiger partial charge in [-0.2, -0.15) is 9.40 Å². The van der Waals surface area contributed by atoms with Crippen LogP contribution in [-0.2, 0) is 10.0 Å². The number of benzene rings is 2. The number of halogens is 2. The van der Waals surface area contributed by atoms with Crippen molar-refractivity contribution >= 4 is 10.0 Å². The van der Waals surface area contributed by atoms with Gasteiger partial charge in [0.25, 0.3) is 0 Å². The molecule has 1 aliphatic rings. The van der Waals surface area contributed by atoms with Gasteiger partial charge in [-0.05, 0) is 60.2 Å². The highest BCUT2D eigenvalue weighted by Crippen LogP contribution is 2.33. The normalized spacial score (nSPS) is 16.4. The Kier molecular flexibility index (Phi) is 4.99. The van der Waals surface area contributed by atoms with Gasteiger partial charge in [0.2, 0.25) is 10.0 Å². The van der Waals surface area contributed by atoms with Gasteiger partial charge in [0.15, 0.2) is 0 Å². The van der Waals surface area contributed by atoms with Gasteiger partial charge in [-0.25, -0.2) is 17.2 Å². The molecule has 5 nitrogen and oxygen atoms in total. The average Bonchev–Trinajstić information content (AvgIpc) is 3.23. The maximum Gasteiger partial charge on any atom is 0.243 e. The topological polar surface area (TPSA) is 66.1 Å². The van der Waals surface area contributed by atoms with Gasteiger partial charge < -0.3 is 0 Å². The zero-order valence-electron chi connectivity index (χ0n) is 15.0. The number of nitrogens with zero attached hydrogens (tertiary/aromatic N) is 2. The Balaban J connectivity index is 1.47. The van der Waals surface area contributed by atoms with Crippen molar-refractivity contribution in [2.75, 3.05) is 13.1 Å². The predicted octanol–water partition coefficient (Wildman–Crippen LogP) is 3.92. The number of sulfonamides is 1. The van der Waals surface area contributed by atoms with E-state index in [4.69, 9.17) is 0 Å². The van der Waals surface area contributed by atoms with E-state index in [1.165, 1.54) is 22.5 Å². The van der Waals surface area contributed by atoms with E-state index in [1.807, 2.05) is 6.07 Å². The van der Waals surface area contributed by atoms with Crippen LogP contribution in [0.15, 0.2) is 59.8 Å². The molecule has 3 aromatic rings. The van der Waals surface area contributed by atoms with E-state index in [1.54, 1.807) is 18.5 Å². The first kappa shape index (κ1) is 18.8. The largest absolute Gasteiger partial charge is 0.285 e. The monoisotopic (exact) mass is 403 g/mol. The number of rotatable bonds is 4. The molecule has 0 radical (unpaired) electrons. The van der Waals surface area contributed by atoms with Crippen LogP contribution in [0.5, 0.6) is 0 Å². The van der Waals surface area contributed by atoms with E-state index in [-0.39, 0.29) is 16.6 Å². The number of hydrogen-bond donors (Lipinski definition) is 1. The molecule has 1 fully saturated rings. The Labute approximate surface area is 162 Å². The molecular formula is C20H19F2N3O2S. The van der Waals surface area contributed by atoms with Crippen molar-refractivity contribution in [2.45, 2.75) is 23.7 Å². The van der Waals surface area contributed by atoms with Crippen molar-refractivity contribution in [3.63, 3.8) is 0 Å². The molecule has 1 aromatic heterocycles. The van der Waals surface area contributed by atoms with Crippen LogP contribution in [0.2, 0.25) is 0 Å². The second kappa shape index (κ2) is 7.44. The summed E-state index contributed by atoms with van der Waals surface area (Å²) >= 11 is 0. The Morgan fingerprint density at radius 2 is 1.71 bits per heavy atom. The van der Waals surface area contributed by atoms with Crippen LogP contribution >= 0.6 is 0 Å². The average molecular weight is 403 g/mol. The molecule has 0 saturated carbocycles. The minimum atomic E-state index is -3.67. The van der Waals surface area contributed by atoms with E-state index >= 15 is 0 Å². The van der Waals surface area contributed by atoms with Crippen LogP contribution in [0, 0.1) is 11.6 Å². The third-order valence-corrected chi connectivity index (χ3v) is 7.09. The van der Waals surface area contributed by atoms with Gasteiger partial charge >= 0.3 is 0 Å². The van der Waals surface area contributed by atoms with Crippen LogP contribution in [0.25, 0.3) is 11.1 Å². The lowest BCUT2D eigenvalue weighted by molar-refractivity contribution is 0.315. The highest BCUT2D eigenvalue weighted by Gasteiger charge is 2.30. The number of aromatic nitrogens is 2. The SMILES string of the molecule is O=S(=O)(c1ccc(F)cc1)N1CCC(c2ccc(-c3cn[nH]c3)cc2F)CC1. The predicted molar refractivity (Wildman–Crippen MR) is 101 cm³/mol. The summed E-state index contributed by atoms with van der Waals surface area (Å²) in [5, 5.41) is 6.58. The van der Waals surface area contributed by atoms with Gasteiger partial charge in [0.05, 0.1) is 11.1 Å². The molecule has 1 N–H and O–H groups in total. The van der Waals surface area contributed by atoms with E-state index < -0.39 is 15.8 Å². The zero-order valence-corrected chi connectivity index (χ0v) is 15.8. The molecule has 0 atom stereocenters. The summed E-state index contributed by atoms with van der Waals surface area (Å²) in [7, 11) is -3.67. The molecule has 2 aromatic carbocycles. The second-order valence-corrected chi connectivity index (χ2v) is 8.79. The molecule has 2 heterocycles. The molecule has 1 aliphatic heterocycles. The van der Waals surface area contributed by atoms with Crippen LogP contribution in [0.1, 0.15) is 24.3 Å². The summed E-state index contributed by atoms with van der Waals surface area (Å²) in [6.45, 7) is 0.598. The first-order valence-corrected chi connectivity index (χ1v) is 10.4. The van der Waals surface area contributed by atoms with Crippen molar-refractivity contribution in [3.05, 3.63) is 72.1 Å². The number of nitrogens with one attached hydrogen (secondary N) is 1. The Bertz CT molecular complexity index is 1060. The van der Waals surface area contributed by atoms with Gasteiger partial charge in [0, 0.05) is 24.8 Å². The van der Waals surface area contributed by atoms with E-state index in [2.05, 4.69) is 10.2 Å². The lowest BCUT2D eigenvalue weighted by Gasteiger charge is -2.31. The van der Waals surface area contributed by atoms with Crippen LogP contribution < -0.4 is 0 Å². The summed E-state index contributed by atoms with van der Waals surface area (Å²) in [6.07, 6.45) is 4.39. The van der Waals surface area contributed by atoms with Crippen LogP contribution in [0.3, 0.4) is 0 Å². The smallest absolute Gasteiger partial charge is 0.243 e. The quantitative estimate of drug-likeness (QED) is 0.718. The van der Waals surface area contributed by atoms with Crippen molar-refractivity contribution in [2.24, 2.45) is 0 Å². The molecule has 0 spiro atoms. The molecule has 1 saturated heterocycles. The Morgan fingerprint density at radius 1 is 1.00 bits per heavy atom. The molecule has 0 bridgehead atoms. The minimum Gasteiger partial charge on any atom is -0.285 e. The van der Waals surface area contributed by atoms with Gasteiger partial charge in [-0.1, -0.05) is 12.1 Å². The molecular weight excluding hydrogens is 384 g/mol. The highest BCUT2D eigenvalue weighted by atomic mass is 32.2. The molecule has 0 aliphatic carbocycles. The highest BCUT2D eigenvalue weighted by molar-refractivity contribution is 7.89. The second-order valence-electron chi connectivity index (χ2n) is 6.86. The summed E-state index contributed by atoms with van der Waals surface area (Å²) in [5.74, 6) is -0.816. The van der Waals surface area contributed by atoms with E-state index in [0.29, 0.717) is 31.5 Å². The van der Waals surface area contributed by atoms with Crippen molar-refractivity contribution in [1.29, 1.82) is 0 Å². The van der Waals surface area contributed by atoms with Crippen molar-refractivity contribution in [1.82, 2.24) is 14.5 Å². The summed E-state index contributed by atoms with van der Waals surface area (Å²) in [5.41, 5.74) is 2.16. The first-order valence-electron chi connectivity index (χ1n) is 8.99. The fourth-order valence-electron chi connectivity index (χ4n) is 3.61. The third kappa shape index (κ3) is 3.57. The maximum atomic E-state index is 14.7. The Hall–Kier alpha value is -2.58.